The topological polar surface area (TPSA) is 95.2 Å². The first-order chi connectivity index (χ1) is 17.4. The van der Waals surface area contributed by atoms with Crippen LogP contribution in [0.15, 0.2) is 24.3 Å². The summed E-state index contributed by atoms with van der Waals surface area (Å²) in [6, 6.07) is 4.28. The van der Waals surface area contributed by atoms with Gasteiger partial charge < -0.3 is 21.3 Å². The molecule has 0 radical (unpaired) electrons. The lowest BCUT2D eigenvalue weighted by Crippen LogP contribution is -2.59. The van der Waals surface area contributed by atoms with Gasteiger partial charge in [0.1, 0.15) is 11.7 Å². The molecule has 7 nitrogen and oxygen atoms in total. The van der Waals surface area contributed by atoms with Gasteiger partial charge in [0.2, 0.25) is 5.91 Å². The second kappa shape index (κ2) is 11.2. The Morgan fingerprint density at radius 2 is 1.58 bits per heavy atom. The minimum absolute atomic E-state index is 0.0806. The number of aromatic nitrogens is 1. The Morgan fingerprint density at radius 1 is 0.974 bits per heavy atom. The number of hydrogen-bond donors (Lipinski definition) is 4. The van der Waals surface area contributed by atoms with Gasteiger partial charge in [-0.25, -0.2) is 9.78 Å². The average Bonchev–Trinajstić information content (AvgIpc) is 2.76. The smallest absolute Gasteiger partial charge is 0.382 e. The summed E-state index contributed by atoms with van der Waals surface area (Å²) >= 11 is 6.10. The maximum Gasteiger partial charge on any atom is 0.433 e. The first kappa shape index (κ1) is 29.8. The molecule has 1 fully saturated rings. The third-order valence-electron chi connectivity index (χ3n) is 6.39. The van der Waals surface area contributed by atoms with Crippen molar-refractivity contribution >= 4 is 40.1 Å². The van der Waals surface area contributed by atoms with E-state index >= 15 is 0 Å². The van der Waals surface area contributed by atoms with Gasteiger partial charge in [0.15, 0.2) is 0 Å². The highest BCUT2D eigenvalue weighted by atomic mass is 35.5. The summed E-state index contributed by atoms with van der Waals surface area (Å²) in [5.74, 6) is -0.262. The molecule has 1 saturated carbocycles. The zero-order valence-corrected chi connectivity index (χ0v) is 23.4. The standard InChI is InChI=1S/C27H37ClF3N5O2/c1-25(2,3)22(35-24(38)36-26(4,5)6)23(37)33-17-10-8-16(9-11-17)32-20-14-21(27(29,30)31)34-19-12-7-15(28)13-18(19)20/h7,12-14,16-17,22H,8-11H2,1-6H3,(H,32,34)(H,33,37)(H2,35,36,38). The summed E-state index contributed by atoms with van der Waals surface area (Å²) in [5, 5.41) is 12.9. The molecule has 0 bridgehead atoms. The normalized spacial score (nSPS) is 19.5. The van der Waals surface area contributed by atoms with Crippen molar-refractivity contribution in [1.82, 2.24) is 20.9 Å². The van der Waals surface area contributed by atoms with E-state index in [1.807, 2.05) is 41.5 Å². The number of fused-ring (bicyclic) bond motifs is 1. The van der Waals surface area contributed by atoms with Crippen molar-refractivity contribution in [2.75, 3.05) is 5.32 Å². The van der Waals surface area contributed by atoms with Gasteiger partial charge in [-0.1, -0.05) is 32.4 Å². The molecular formula is C27H37ClF3N5O2. The van der Waals surface area contributed by atoms with Gasteiger partial charge in [-0.05, 0) is 76.1 Å². The fourth-order valence-corrected chi connectivity index (χ4v) is 4.70. The number of urea groups is 1. The number of anilines is 1. The zero-order chi connectivity index (χ0) is 28.5. The predicted molar refractivity (Wildman–Crippen MR) is 144 cm³/mol. The SMILES string of the molecule is CC(C)(C)NC(=O)NC(C(=O)NC1CCC(Nc2cc(C(F)(F)F)nc3ccc(Cl)cc23)CC1)C(C)(C)C. The van der Waals surface area contributed by atoms with E-state index in [9.17, 15) is 22.8 Å². The number of hydrogen-bond acceptors (Lipinski definition) is 4. The fourth-order valence-electron chi connectivity index (χ4n) is 4.53. The molecule has 1 aromatic heterocycles. The van der Waals surface area contributed by atoms with E-state index < -0.39 is 34.9 Å². The molecule has 1 atom stereocenters. The number of nitrogens with zero attached hydrogens (tertiary/aromatic N) is 1. The Balaban J connectivity index is 1.66. The summed E-state index contributed by atoms with van der Waals surface area (Å²) in [6.07, 6.45) is -1.99. The predicted octanol–water partition coefficient (Wildman–Crippen LogP) is 6.26. The molecule has 2 aromatic rings. The Labute approximate surface area is 226 Å². The minimum Gasteiger partial charge on any atom is -0.382 e. The Bertz CT molecular complexity index is 1170. The van der Waals surface area contributed by atoms with E-state index in [1.54, 1.807) is 6.07 Å². The monoisotopic (exact) mass is 555 g/mol. The van der Waals surface area contributed by atoms with Crippen LogP contribution < -0.4 is 21.3 Å². The van der Waals surface area contributed by atoms with E-state index in [0.717, 1.165) is 6.07 Å². The first-order valence-electron chi connectivity index (χ1n) is 12.8. The van der Waals surface area contributed by atoms with Gasteiger partial charge in [0.25, 0.3) is 0 Å². The Morgan fingerprint density at radius 3 is 2.13 bits per heavy atom. The van der Waals surface area contributed by atoms with Crippen molar-refractivity contribution < 1.29 is 22.8 Å². The van der Waals surface area contributed by atoms with Gasteiger partial charge in [-0.3, -0.25) is 4.79 Å². The number of alkyl halides is 3. The van der Waals surface area contributed by atoms with Gasteiger partial charge in [-0.2, -0.15) is 13.2 Å². The lowest BCUT2D eigenvalue weighted by Gasteiger charge is -2.35. The third kappa shape index (κ3) is 8.12. The first-order valence-corrected chi connectivity index (χ1v) is 13.1. The molecule has 11 heteroatoms. The summed E-state index contributed by atoms with van der Waals surface area (Å²) in [4.78, 5) is 29.3. The Kier molecular flexibility index (Phi) is 8.75. The number of rotatable bonds is 5. The van der Waals surface area contributed by atoms with Crippen LogP contribution >= 0.6 is 11.6 Å². The van der Waals surface area contributed by atoms with Crippen LogP contribution in [0.5, 0.6) is 0 Å². The van der Waals surface area contributed by atoms with E-state index in [-0.39, 0.29) is 23.5 Å². The lowest BCUT2D eigenvalue weighted by atomic mass is 9.85. The molecule has 3 amide bonds. The summed E-state index contributed by atoms with van der Waals surface area (Å²) in [5.41, 5.74) is -1.38. The van der Waals surface area contributed by atoms with Crippen molar-refractivity contribution in [3.05, 3.63) is 35.0 Å². The van der Waals surface area contributed by atoms with Gasteiger partial charge in [0.05, 0.1) is 5.52 Å². The molecule has 1 unspecified atom stereocenters. The van der Waals surface area contributed by atoms with Crippen LogP contribution in [0, 0.1) is 5.41 Å². The van der Waals surface area contributed by atoms with Crippen molar-refractivity contribution in [3.63, 3.8) is 0 Å². The molecule has 0 saturated heterocycles. The van der Waals surface area contributed by atoms with Crippen LogP contribution in [0.25, 0.3) is 10.9 Å². The van der Waals surface area contributed by atoms with Crippen LogP contribution in [0.2, 0.25) is 5.02 Å². The highest BCUT2D eigenvalue weighted by molar-refractivity contribution is 6.31. The summed E-state index contributed by atoms with van der Waals surface area (Å²) in [6.45, 7) is 11.2. The van der Waals surface area contributed by atoms with Gasteiger partial charge in [-0.15, -0.1) is 0 Å². The average molecular weight is 556 g/mol. The van der Waals surface area contributed by atoms with E-state index in [0.29, 0.717) is 41.8 Å². The maximum atomic E-state index is 13.4. The van der Waals surface area contributed by atoms with Crippen molar-refractivity contribution in [2.45, 2.75) is 97.1 Å². The number of pyridine rings is 1. The molecule has 0 aliphatic heterocycles. The molecule has 0 spiro atoms. The molecule has 38 heavy (non-hydrogen) atoms. The fraction of sp³-hybridized carbons (Fsp3) is 0.593. The molecule has 1 heterocycles. The highest BCUT2D eigenvalue weighted by Crippen LogP contribution is 2.35. The maximum absolute atomic E-state index is 13.4. The van der Waals surface area contributed by atoms with Crippen LogP contribution in [-0.4, -0.2) is 40.6 Å². The van der Waals surface area contributed by atoms with Gasteiger partial charge >= 0.3 is 12.2 Å². The second-order valence-electron chi connectivity index (χ2n) is 12.1. The number of carbonyl (C=O) groups excluding carboxylic acids is 2. The third-order valence-corrected chi connectivity index (χ3v) is 6.62. The van der Waals surface area contributed by atoms with Crippen molar-refractivity contribution in [1.29, 1.82) is 0 Å². The highest BCUT2D eigenvalue weighted by Gasteiger charge is 2.36. The van der Waals surface area contributed by atoms with Crippen molar-refractivity contribution in [3.8, 4) is 0 Å². The number of benzene rings is 1. The van der Waals surface area contributed by atoms with E-state index in [2.05, 4.69) is 26.3 Å². The summed E-state index contributed by atoms with van der Waals surface area (Å²) < 4.78 is 40.3. The number of nitrogens with one attached hydrogen (secondary N) is 4. The molecule has 1 aliphatic carbocycles. The number of halogens is 4. The largest absolute Gasteiger partial charge is 0.433 e. The molecule has 4 N–H and O–H groups in total. The lowest BCUT2D eigenvalue weighted by molar-refractivity contribution is -0.140. The van der Waals surface area contributed by atoms with E-state index in [1.165, 1.54) is 12.1 Å². The van der Waals surface area contributed by atoms with Gasteiger partial charge in [0, 0.05) is 33.7 Å². The van der Waals surface area contributed by atoms with Crippen LogP contribution in [0.4, 0.5) is 23.7 Å². The van der Waals surface area contributed by atoms with Crippen molar-refractivity contribution in [2.24, 2.45) is 5.41 Å². The Hall–Kier alpha value is -2.75. The second-order valence-corrected chi connectivity index (χ2v) is 12.5. The molecule has 3 rings (SSSR count). The van der Waals surface area contributed by atoms with Crippen LogP contribution in [-0.2, 0) is 11.0 Å². The molecular weight excluding hydrogens is 519 g/mol. The minimum atomic E-state index is -4.58. The molecule has 1 aromatic carbocycles. The van der Waals surface area contributed by atoms with Crippen LogP contribution in [0.3, 0.4) is 0 Å². The molecule has 210 valence electrons. The molecule has 1 aliphatic rings. The number of amides is 3. The quantitative estimate of drug-likeness (QED) is 0.350. The zero-order valence-electron chi connectivity index (χ0n) is 22.6. The van der Waals surface area contributed by atoms with E-state index in [4.69, 9.17) is 11.6 Å². The summed E-state index contributed by atoms with van der Waals surface area (Å²) in [7, 11) is 0. The number of carbonyl (C=O) groups is 2. The van der Waals surface area contributed by atoms with Crippen LogP contribution in [0.1, 0.15) is 72.9 Å².